The molecule has 0 spiro atoms. The van der Waals surface area contributed by atoms with Crippen LogP contribution in [0.1, 0.15) is 18.4 Å². The molecule has 1 aliphatic rings. The molecule has 0 unspecified atom stereocenters. The zero-order chi connectivity index (χ0) is 45.2. The molecule has 9 aromatic carbocycles. The number of hydrogen-bond donors (Lipinski definition) is 0. The number of nitrogens with zero attached hydrogens (tertiary/aromatic N) is 4. The molecule has 0 atom stereocenters. The lowest BCUT2D eigenvalue weighted by Gasteiger charge is -2.30. The largest absolute Gasteiger partial charge is 0.436 e. The van der Waals surface area contributed by atoms with E-state index in [1.807, 2.05) is 48.5 Å². The minimum Gasteiger partial charge on any atom is -0.436 e. The molecule has 324 valence electrons. The zero-order valence-electron chi connectivity index (χ0n) is 37.1. The van der Waals surface area contributed by atoms with E-state index in [4.69, 9.17) is 8.83 Å². The van der Waals surface area contributed by atoms with E-state index in [1.165, 1.54) is 16.8 Å². The van der Waals surface area contributed by atoms with E-state index in [0.717, 1.165) is 96.9 Å². The third-order valence-corrected chi connectivity index (χ3v) is 12.7. The second-order valence-corrected chi connectivity index (χ2v) is 17.0. The molecule has 0 aliphatic heterocycles. The maximum Gasteiger partial charge on any atom is 0.227 e. The summed E-state index contributed by atoms with van der Waals surface area (Å²) in [5.74, 6) is 1.27. The van der Waals surface area contributed by atoms with Crippen LogP contribution in [0, 0.1) is 0 Å². The molecular formula is C62H44N4O2. The van der Waals surface area contributed by atoms with Crippen LogP contribution < -0.4 is 9.80 Å². The first-order valence-electron chi connectivity index (χ1n) is 23.0. The van der Waals surface area contributed by atoms with Crippen LogP contribution >= 0.6 is 0 Å². The fourth-order valence-electron chi connectivity index (χ4n) is 9.17. The molecule has 0 amide bonds. The molecule has 0 fully saturated rings. The first-order valence-corrected chi connectivity index (χ1v) is 23.0. The first kappa shape index (κ1) is 40.5. The quantitative estimate of drug-likeness (QED) is 0.129. The number of aromatic nitrogens is 2. The average molecular weight is 877 g/mol. The van der Waals surface area contributed by atoms with E-state index in [9.17, 15) is 0 Å². The first-order chi connectivity index (χ1) is 33.7. The van der Waals surface area contributed by atoms with Crippen molar-refractivity contribution in [2.75, 3.05) is 9.80 Å². The van der Waals surface area contributed by atoms with Gasteiger partial charge in [-0.05, 0) is 162 Å². The second-order valence-electron chi connectivity index (χ2n) is 17.0. The number of hydrogen-bond acceptors (Lipinski definition) is 6. The Bertz CT molecular complexity index is 3510. The Balaban J connectivity index is 0.772. The van der Waals surface area contributed by atoms with Gasteiger partial charge in [0, 0.05) is 45.3 Å². The second kappa shape index (κ2) is 17.8. The normalized spacial score (nSPS) is 12.5. The number of para-hydroxylation sites is 6. The number of oxazole rings is 2. The molecule has 0 bridgehead atoms. The molecular weight excluding hydrogens is 833 g/mol. The van der Waals surface area contributed by atoms with Crippen molar-refractivity contribution >= 4 is 56.2 Å². The summed E-state index contributed by atoms with van der Waals surface area (Å²) < 4.78 is 12.0. The average Bonchev–Trinajstić information content (AvgIpc) is 4.06. The maximum absolute atomic E-state index is 6.02. The lowest BCUT2D eigenvalue weighted by molar-refractivity contribution is 0.619. The summed E-state index contributed by atoms with van der Waals surface area (Å²) in [6, 6.07) is 80.5. The smallest absolute Gasteiger partial charge is 0.227 e. The molecule has 12 rings (SSSR count). The van der Waals surface area contributed by atoms with Gasteiger partial charge in [0.15, 0.2) is 11.2 Å². The Morgan fingerprint density at radius 1 is 0.294 bits per heavy atom. The summed E-state index contributed by atoms with van der Waals surface area (Å²) >= 11 is 0. The van der Waals surface area contributed by atoms with Gasteiger partial charge in [0.25, 0.3) is 0 Å². The highest BCUT2D eigenvalue weighted by atomic mass is 16.4. The molecule has 2 heterocycles. The van der Waals surface area contributed by atoms with E-state index in [0.29, 0.717) is 11.8 Å². The summed E-state index contributed by atoms with van der Waals surface area (Å²) in [4.78, 5) is 14.0. The number of allylic oxidation sites excluding steroid dienone is 4. The summed E-state index contributed by atoms with van der Waals surface area (Å²) in [6.07, 6.45) is 6.39. The lowest BCUT2D eigenvalue weighted by atomic mass is 9.94. The molecule has 0 saturated carbocycles. The summed E-state index contributed by atoms with van der Waals surface area (Å²) in [7, 11) is 0. The van der Waals surface area contributed by atoms with Crippen molar-refractivity contribution in [1.29, 1.82) is 0 Å². The van der Waals surface area contributed by atoms with Crippen LogP contribution in [0.3, 0.4) is 0 Å². The number of rotatable bonds is 11. The van der Waals surface area contributed by atoms with Gasteiger partial charge in [-0.2, -0.15) is 0 Å². The molecule has 11 aromatic rings. The molecule has 1 aliphatic carbocycles. The van der Waals surface area contributed by atoms with Crippen molar-refractivity contribution < 1.29 is 8.83 Å². The predicted octanol–water partition coefficient (Wildman–Crippen LogP) is 17.0. The van der Waals surface area contributed by atoms with Gasteiger partial charge < -0.3 is 18.6 Å². The molecule has 0 N–H and O–H groups in total. The summed E-state index contributed by atoms with van der Waals surface area (Å²) in [5.41, 5.74) is 19.1. The van der Waals surface area contributed by atoms with E-state index >= 15 is 0 Å². The van der Waals surface area contributed by atoms with Crippen LogP contribution in [0.2, 0.25) is 0 Å². The Morgan fingerprint density at radius 3 is 1.07 bits per heavy atom. The minimum absolute atomic E-state index is 0.627. The monoisotopic (exact) mass is 876 g/mol. The standard InChI is InChI=1S/C62H44N4O2/c1-3-11-51(12-4-1)65(53-35-27-45(28-36-53)43-19-23-49(24-20-43)61-63-57-15-7-9-17-59(57)67-61)55-39-31-47(32-40-55)48-33-41-56(42-34-48)66(52-13-5-2-6-14-52)54-37-29-46(30-38-54)44-21-25-50(26-22-44)62-64-58-16-8-10-18-60(58)68-62/h1-29,31-37,39-42H,30,38H2. The molecule has 68 heavy (non-hydrogen) atoms. The fourth-order valence-corrected chi connectivity index (χ4v) is 9.17. The topological polar surface area (TPSA) is 58.5 Å². The SMILES string of the molecule is C1=C(c2ccc(-c3nc4ccccc4o3)cc2)CCC(N(c2ccccc2)c2ccc(-c3ccc(N(c4ccccc4)c4ccc(-c5ccc(-c6nc7ccccc7o6)cc5)cc4)cc3)cc2)=C1. The van der Waals surface area contributed by atoms with Crippen molar-refractivity contribution in [3.05, 3.63) is 254 Å². The Kier molecular flexibility index (Phi) is 10.6. The fraction of sp³-hybridized carbons (Fsp3) is 0.0323. The van der Waals surface area contributed by atoms with E-state index in [-0.39, 0.29) is 0 Å². The van der Waals surface area contributed by atoms with Gasteiger partial charge in [0.2, 0.25) is 11.8 Å². The molecule has 0 radical (unpaired) electrons. The summed E-state index contributed by atoms with van der Waals surface area (Å²) in [6.45, 7) is 0. The van der Waals surface area contributed by atoms with Crippen molar-refractivity contribution in [3.8, 4) is 45.2 Å². The molecule has 0 saturated heterocycles. The van der Waals surface area contributed by atoms with Gasteiger partial charge in [-0.25, -0.2) is 9.97 Å². The molecule has 6 nitrogen and oxygen atoms in total. The highest BCUT2D eigenvalue weighted by Crippen LogP contribution is 2.40. The number of anilines is 5. The molecule has 2 aromatic heterocycles. The van der Waals surface area contributed by atoms with Gasteiger partial charge in [0.05, 0.1) is 0 Å². The van der Waals surface area contributed by atoms with Crippen LogP contribution in [0.5, 0.6) is 0 Å². The van der Waals surface area contributed by atoms with E-state index in [1.54, 1.807) is 0 Å². The van der Waals surface area contributed by atoms with Crippen LogP contribution in [-0.4, -0.2) is 9.97 Å². The van der Waals surface area contributed by atoms with Gasteiger partial charge in [0.1, 0.15) is 11.0 Å². The van der Waals surface area contributed by atoms with Crippen molar-refractivity contribution in [2.45, 2.75) is 12.8 Å². The molecule has 6 heteroatoms. The van der Waals surface area contributed by atoms with Crippen molar-refractivity contribution in [2.24, 2.45) is 0 Å². The highest BCUT2D eigenvalue weighted by molar-refractivity contribution is 5.82. The lowest BCUT2D eigenvalue weighted by Crippen LogP contribution is -2.17. The third-order valence-electron chi connectivity index (χ3n) is 12.7. The van der Waals surface area contributed by atoms with E-state index < -0.39 is 0 Å². The third kappa shape index (κ3) is 8.05. The van der Waals surface area contributed by atoms with Gasteiger partial charge in [-0.15, -0.1) is 0 Å². The van der Waals surface area contributed by atoms with E-state index in [2.05, 4.69) is 214 Å². The van der Waals surface area contributed by atoms with Gasteiger partial charge in [-0.3, -0.25) is 0 Å². The van der Waals surface area contributed by atoms with Crippen LogP contribution in [0.4, 0.5) is 28.4 Å². The Morgan fingerprint density at radius 2 is 0.647 bits per heavy atom. The van der Waals surface area contributed by atoms with Crippen LogP contribution in [-0.2, 0) is 0 Å². The number of benzene rings is 9. The zero-order valence-corrected chi connectivity index (χ0v) is 37.1. The van der Waals surface area contributed by atoms with Gasteiger partial charge >= 0.3 is 0 Å². The Labute approximate surface area is 395 Å². The van der Waals surface area contributed by atoms with Gasteiger partial charge in [-0.1, -0.05) is 127 Å². The van der Waals surface area contributed by atoms with Crippen LogP contribution in [0.25, 0.3) is 72.9 Å². The van der Waals surface area contributed by atoms with Crippen molar-refractivity contribution in [1.82, 2.24) is 9.97 Å². The van der Waals surface area contributed by atoms with Crippen LogP contribution in [0.15, 0.2) is 257 Å². The number of fused-ring (bicyclic) bond motifs is 2. The predicted molar refractivity (Wildman–Crippen MR) is 278 cm³/mol. The summed E-state index contributed by atoms with van der Waals surface area (Å²) in [5, 5.41) is 0. The maximum atomic E-state index is 6.02. The Hall–Kier alpha value is -9.00. The van der Waals surface area contributed by atoms with Crippen molar-refractivity contribution in [3.63, 3.8) is 0 Å². The minimum atomic E-state index is 0.627. The highest BCUT2D eigenvalue weighted by Gasteiger charge is 2.19.